The van der Waals surface area contributed by atoms with Crippen LogP contribution in [0.15, 0.2) is 54.6 Å². The van der Waals surface area contributed by atoms with E-state index in [1.165, 1.54) is 0 Å². The van der Waals surface area contributed by atoms with Crippen molar-refractivity contribution < 1.29 is 19.2 Å². The number of benzene rings is 2. The number of nitrogens with one attached hydrogen (secondary N) is 3. The van der Waals surface area contributed by atoms with Gasteiger partial charge < -0.3 is 15.0 Å². The fourth-order valence-electron chi connectivity index (χ4n) is 3.48. The van der Waals surface area contributed by atoms with Crippen molar-refractivity contribution in [2.24, 2.45) is 0 Å². The number of methoxy groups -OCH3 is 1. The van der Waals surface area contributed by atoms with Gasteiger partial charge in [0.05, 0.1) is 13.2 Å². The first-order valence-electron chi connectivity index (χ1n) is 9.74. The van der Waals surface area contributed by atoms with Gasteiger partial charge in [0.25, 0.3) is 5.91 Å². The first kappa shape index (κ1) is 19.9. The smallest absolute Gasteiger partial charge is 0.321 e. The number of carbonyl (C=O) groups is 2. The predicted octanol–water partition coefficient (Wildman–Crippen LogP) is 1.83. The molecule has 148 valence electrons. The molecule has 2 aromatic rings. The van der Waals surface area contributed by atoms with Gasteiger partial charge in [0.2, 0.25) is 0 Å². The summed E-state index contributed by atoms with van der Waals surface area (Å²) in [6, 6.07) is 17.2. The second-order valence-corrected chi connectivity index (χ2v) is 7.07. The van der Waals surface area contributed by atoms with E-state index in [0.717, 1.165) is 34.6 Å². The average molecular weight is 382 g/mol. The summed E-state index contributed by atoms with van der Waals surface area (Å²) in [4.78, 5) is 26.2. The summed E-state index contributed by atoms with van der Waals surface area (Å²) in [5.74, 6) is 0.540. The lowest BCUT2D eigenvalue weighted by Crippen LogP contribution is -3.13. The highest BCUT2D eigenvalue weighted by Gasteiger charge is 2.42. The molecule has 0 aromatic heterocycles. The van der Waals surface area contributed by atoms with Crippen molar-refractivity contribution in [3.63, 3.8) is 0 Å². The average Bonchev–Trinajstić information content (AvgIpc) is 3.54. The van der Waals surface area contributed by atoms with Crippen LogP contribution in [-0.2, 0) is 11.3 Å². The van der Waals surface area contributed by atoms with Crippen LogP contribution in [0.1, 0.15) is 36.9 Å². The Bertz CT molecular complexity index is 788. The number of quaternary nitrogens is 1. The van der Waals surface area contributed by atoms with Crippen LogP contribution < -0.4 is 20.3 Å². The lowest BCUT2D eigenvalue weighted by Gasteiger charge is -2.28. The molecule has 0 spiro atoms. The van der Waals surface area contributed by atoms with Gasteiger partial charge in [-0.15, -0.1) is 0 Å². The summed E-state index contributed by atoms with van der Waals surface area (Å²) in [5.41, 5.74) is 2.05. The molecule has 2 atom stereocenters. The minimum atomic E-state index is -0.451. The zero-order valence-electron chi connectivity index (χ0n) is 16.4. The summed E-state index contributed by atoms with van der Waals surface area (Å²) >= 11 is 0. The van der Waals surface area contributed by atoms with Gasteiger partial charge in [-0.25, -0.2) is 4.79 Å². The van der Waals surface area contributed by atoms with Crippen molar-refractivity contribution in [2.45, 2.75) is 38.4 Å². The number of ether oxygens (including phenoxy) is 1. The molecule has 1 saturated carbocycles. The molecule has 6 heteroatoms. The van der Waals surface area contributed by atoms with E-state index >= 15 is 0 Å². The second-order valence-electron chi connectivity index (χ2n) is 7.07. The number of imide groups is 1. The molecular formula is C22H28N3O3+. The maximum Gasteiger partial charge on any atom is 0.321 e. The van der Waals surface area contributed by atoms with E-state index in [9.17, 15) is 9.59 Å². The summed E-state index contributed by atoms with van der Waals surface area (Å²) in [6.45, 7) is 3.00. The number of rotatable bonds is 8. The summed E-state index contributed by atoms with van der Waals surface area (Å²) < 4.78 is 5.24. The third kappa shape index (κ3) is 5.10. The van der Waals surface area contributed by atoms with E-state index in [1.807, 2.05) is 61.5 Å². The van der Waals surface area contributed by atoms with Gasteiger partial charge in [0.15, 0.2) is 6.04 Å². The lowest BCUT2D eigenvalue weighted by atomic mass is 10.0. The lowest BCUT2D eigenvalue weighted by molar-refractivity contribution is -0.946. The first-order valence-corrected chi connectivity index (χ1v) is 9.74. The van der Waals surface area contributed by atoms with Gasteiger partial charge in [0, 0.05) is 30.5 Å². The standard InChI is InChI=1S/C22H27N3O3/c1-3-23-22(27)24-21(26)20(17-7-5-4-6-8-17)25(18-11-12-18)15-16-9-13-19(28-2)14-10-16/h4-10,13-14,18,20H,3,11-12,15H2,1-2H3,(H2,23,24,26,27)/p+1/t20-/m1/s1. The normalized spacial score (nSPS) is 15.4. The van der Waals surface area contributed by atoms with Gasteiger partial charge in [-0.05, 0) is 31.2 Å². The molecule has 2 aromatic carbocycles. The molecule has 3 N–H and O–H groups in total. The zero-order chi connectivity index (χ0) is 19.9. The van der Waals surface area contributed by atoms with Crippen molar-refractivity contribution in [2.75, 3.05) is 13.7 Å². The monoisotopic (exact) mass is 382 g/mol. The van der Waals surface area contributed by atoms with E-state index < -0.39 is 12.1 Å². The number of amides is 3. The first-order chi connectivity index (χ1) is 13.6. The highest BCUT2D eigenvalue weighted by Crippen LogP contribution is 2.21. The number of hydrogen-bond acceptors (Lipinski definition) is 3. The predicted molar refractivity (Wildman–Crippen MR) is 107 cm³/mol. The zero-order valence-corrected chi connectivity index (χ0v) is 16.4. The number of hydrogen-bond donors (Lipinski definition) is 3. The Balaban J connectivity index is 1.86. The van der Waals surface area contributed by atoms with E-state index in [2.05, 4.69) is 10.6 Å². The highest BCUT2D eigenvalue weighted by atomic mass is 16.5. The van der Waals surface area contributed by atoms with Crippen molar-refractivity contribution in [1.82, 2.24) is 10.6 Å². The Morgan fingerprint density at radius 2 is 1.79 bits per heavy atom. The molecule has 1 aliphatic rings. The van der Waals surface area contributed by atoms with Gasteiger partial charge in [-0.3, -0.25) is 10.1 Å². The van der Waals surface area contributed by atoms with Crippen LogP contribution in [0.3, 0.4) is 0 Å². The van der Waals surface area contributed by atoms with Crippen molar-refractivity contribution in [3.8, 4) is 5.75 Å². The van der Waals surface area contributed by atoms with Gasteiger partial charge in [0.1, 0.15) is 12.3 Å². The van der Waals surface area contributed by atoms with Crippen molar-refractivity contribution in [3.05, 3.63) is 65.7 Å². The van der Waals surface area contributed by atoms with E-state index in [0.29, 0.717) is 19.1 Å². The van der Waals surface area contributed by atoms with E-state index in [4.69, 9.17) is 4.74 Å². The second kappa shape index (κ2) is 9.37. The molecule has 0 heterocycles. The highest BCUT2D eigenvalue weighted by molar-refractivity contribution is 5.96. The van der Waals surface area contributed by atoms with Crippen LogP contribution in [0.4, 0.5) is 4.79 Å². The van der Waals surface area contributed by atoms with Crippen LogP contribution in [-0.4, -0.2) is 31.6 Å². The maximum atomic E-state index is 13.1. The summed E-state index contributed by atoms with van der Waals surface area (Å²) in [5, 5.41) is 5.15. The van der Waals surface area contributed by atoms with Crippen LogP contribution in [0.5, 0.6) is 5.75 Å². The molecule has 0 bridgehead atoms. The van der Waals surface area contributed by atoms with Gasteiger partial charge >= 0.3 is 6.03 Å². The Labute approximate surface area is 165 Å². The Kier molecular flexibility index (Phi) is 6.66. The molecule has 3 amide bonds. The van der Waals surface area contributed by atoms with Gasteiger partial charge in [-0.1, -0.05) is 30.3 Å². The Hall–Kier alpha value is -2.86. The van der Waals surface area contributed by atoms with Crippen LogP contribution in [0.25, 0.3) is 0 Å². The minimum absolute atomic E-state index is 0.271. The topological polar surface area (TPSA) is 71.9 Å². The Morgan fingerprint density at radius 3 is 2.36 bits per heavy atom. The van der Waals surface area contributed by atoms with Crippen LogP contribution >= 0.6 is 0 Å². The molecule has 1 unspecified atom stereocenters. The molecular weight excluding hydrogens is 354 g/mol. The maximum absolute atomic E-state index is 13.1. The summed E-state index contributed by atoms with van der Waals surface area (Å²) in [6.07, 6.45) is 2.17. The van der Waals surface area contributed by atoms with Crippen LogP contribution in [0, 0.1) is 0 Å². The molecule has 1 aliphatic carbocycles. The number of carbonyl (C=O) groups excluding carboxylic acids is 2. The minimum Gasteiger partial charge on any atom is -0.497 e. The molecule has 1 fully saturated rings. The summed E-state index contributed by atoms with van der Waals surface area (Å²) in [7, 11) is 1.65. The fraction of sp³-hybridized carbons (Fsp3) is 0.364. The largest absolute Gasteiger partial charge is 0.497 e. The quantitative estimate of drug-likeness (QED) is 0.652. The Morgan fingerprint density at radius 1 is 1.11 bits per heavy atom. The van der Waals surface area contributed by atoms with Crippen molar-refractivity contribution in [1.29, 1.82) is 0 Å². The third-order valence-electron chi connectivity index (χ3n) is 5.01. The molecule has 6 nitrogen and oxygen atoms in total. The van der Waals surface area contributed by atoms with Gasteiger partial charge in [-0.2, -0.15) is 0 Å². The molecule has 0 saturated heterocycles. The molecule has 0 aliphatic heterocycles. The van der Waals surface area contributed by atoms with Crippen molar-refractivity contribution >= 4 is 11.9 Å². The SMILES string of the molecule is CCNC(=O)NC(=O)[C@@H](c1ccccc1)[NH+](Cc1ccc(OC)cc1)C1CC1. The van der Waals surface area contributed by atoms with E-state index in [-0.39, 0.29) is 5.91 Å². The molecule has 28 heavy (non-hydrogen) atoms. The van der Waals surface area contributed by atoms with E-state index in [1.54, 1.807) is 7.11 Å². The third-order valence-corrected chi connectivity index (χ3v) is 5.01. The fourth-order valence-corrected chi connectivity index (χ4v) is 3.48. The molecule has 3 rings (SSSR count). The number of urea groups is 1. The molecule has 0 radical (unpaired) electrons. The van der Waals surface area contributed by atoms with Crippen LogP contribution in [0.2, 0.25) is 0 Å².